The predicted octanol–water partition coefficient (Wildman–Crippen LogP) is 3.87. The Bertz CT molecular complexity index is 637. The molecule has 0 saturated carbocycles. The van der Waals surface area contributed by atoms with Crippen LogP contribution in [0.25, 0.3) is 10.2 Å². The van der Waals surface area contributed by atoms with Crippen LogP contribution in [0.15, 0.2) is 22.7 Å². The minimum absolute atomic E-state index is 0.256. The highest BCUT2D eigenvalue weighted by Crippen LogP contribution is 2.28. The molecule has 0 radical (unpaired) electrons. The van der Waals surface area contributed by atoms with Crippen LogP contribution in [0.5, 0.6) is 0 Å². The van der Waals surface area contributed by atoms with Gasteiger partial charge in [0, 0.05) is 30.5 Å². The van der Waals surface area contributed by atoms with E-state index in [0.717, 1.165) is 45.8 Å². The van der Waals surface area contributed by atoms with Crippen LogP contribution in [0.2, 0.25) is 0 Å². The molecule has 1 aliphatic heterocycles. The second-order valence-electron chi connectivity index (χ2n) is 5.25. The van der Waals surface area contributed by atoms with E-state index in [1.807, 2.05) is 17.0 Å². The number of hydrogen-bond donors (Lipinski definition) is 1. The van der Waals surface area contributed by atoms with Gasteiger partial charge in [-0.15, -0.1) is 0 Å². The van der Waals surface area contributed by atoms with E-state index < -0.39 is 0 Å². The van der Waals surface area contributed by atoms with Gasteiger partial charge in [-0.3, -0.25) is 4.79 Å². The van der Waals surface area contributed by atoms with E-state index in [4.69, 9.17) is 0 Å². The SMILES string of the molecule is O=C(CCNc1nc2cc(Br)ccc2s1)N1CCCCC1. The molecule has 1 saturated heterocycles. The minimum Gasteiger partial charge on any atom is -0.361 e. The van der Waals surface area contributed by atoms with Crippen molar-refractivity contribution < 1.29 is 4.79 Å². The maximum atomic E-state index is 12.1. The molecular weight excluding hydrogens is 350 g/mol. The third-order valence-corrected chi connectivity index (χ3v) is 5.16. The average molecular weight is 368 g/mol. The van der Waals surface area contributed by atoms with Crippen LogP contribution >= 0.6 is 27.3 Å². The first-order valence-corrected chi connectivity index (χ1v) is 8.91. The highest BCUT2D eigenvalue weighted by Gasteiger charge is 2.15. The van der Waals surface area contributed by atoms with Gasteiger partial charge in [0.1, 0.15) is 0 Å². The fourth-order valence-corrected chi connectivity index (χ4v) is 3.77. The monoisotopic (exact) mass is 367 g/mol. The average Bonchev–Trinajstić information content (AvgIpc) is 2.89. The molecule has 1 aromatic heterocycles. The van der Waals surface area contributed by atoms with E-state index >= 15 is 0 Å². The van der Waals surface area contributed by atoms with Gasteiger partial charge in [-0.05, 0) is 37.5 Å². The summed E-state index contributed by atoms with van der Waals surface area (Å²) < 4.78 is 2.19. The summed E-state index contributed by atoms with van der Waals surface area (Å²) in [5, 5.41) is 4.15. The van der Waals surface area contributed by atoms with Crippen molar-refractivity contribution in [1.82, 2.24) is 9.88 Å². The molecule has 2 heterocycles. The molecule has 6 heteroatoms. The lowest BCUT2D eigenvalue weighted by Gasteiger charge is -2.26. The number of nitrogens with one attached hydrogen (secondary N) is 1. The molecule has 3 rings (SSSR count). The van der Waals surface area contributed by atoms with Gasteiger partial charge in [0.05, 0.1) is 10.2 Å². The summed E-state index contributed by atoms with van der Waals surface area (Å²) in [6.07, 6.45) is 4.08. The summed E-state index contributed by atoms with van der Waals surface area (Å²) in [7, 11) is 0. The van der Waals surface area contributed by atoms with Crippen molar-refractivity contribution in [2.45, 2.75) is 25.7 Å². The Hall–Kier alpha value is -1.14. The van der Waals surface area contributed by atoms with Crippen LogP contribution in [0, 0.1) is 0 Å². The molecule has 4 nitrogen and oxygen atoms in total. The number of halogens is 1. The summed E-state index contributed by atoms with van der Waals surface area (Å²) in [4.78, 5) is 18.6. The van der Waals surface area contributed by atoms with Crippen molar-refractivity contribution in [3.63, 3.8) is 0 Å². The zero-order valence-electron chi connectivity index (χ0n) is 11.8. The van der Waals surface area contributed by atoms with E-state index in [-0.39, 0.29) is 5.91 Å². The minimum atomic E-state index is 0.256. The number of anilines is 1. The summed E-state index contributed by atoms with van der Waals surface area (Å²) in [6, 6.07) is 6.08. The van der Waals surface area contributed by atoms with Gasteiger partial charge in [0.15, 0.2) is 5.13 Å². The van der Waals surface area contributed by atoms with Gasteiger partial charge in [-0.25, -0.2) is 4.98 Å². The molecule has 1 N–H and O–H groups in total. The summed E-state index contributed by atoms with van der Waals surface area (Å²) >= 11 is 5.08. The van der Waals surface area contributed by atoms with Gasteiger partial charge in [-0.2, -0.15) is 0 Å². The quantitative estimate of drug-likeness (QED) is 0.891. The first-order valence-electron chi connectivity index (χ1n) is 7.30. The molecule has 0 aliphatic carbocycles. The molecule has 21 heavy (non-hydrogen) atoms. The predicted molar refractivity (Wildman–Crippen MR) is 90.9 cm³/mol. The van der Waals surface area contributed by atoms with E-state index in [1.54, 1.807) is 11.3 Å². The Kier molecular flexibility index (Phi) is 4.75. The number of benzene rings is 1. The topological polar surface area (TPSA) is 45.2 Å². The number of nitrogens with zero attached hydrogens (tertiary/aromatic N) is 2. The summed E-state index contributed by atoms with van der Waals surface area (Å²) in [6.45, 7) is 2.50. The molecule has 1 aliphatic rings. The van der Waals surface area contributed by atoms with Crippen LogP contribution in [-0.4, -0.2) is 35.4 Å². The second-order valence-corrected chi connectivity index (χ2v) is 7.20. The van der Waals surface area contributed by atoms with E-state index in [1.165, 1.54) is 6.42 Å². The fourth-order valence-electron chi connectivity index (χ4n) is 2.55. The van der Waals surface area contributed by atoms with Crippen molar-refractivity contribution in [1.29, 1.82) is 0 Å². The lowest BCUT2D eigenvalue weighted by Crippen LogP contribution is -2.36. The third-order valence-electron chi connectivity index (χ3n) is 3.67. The van der Waals surface area contributed by atoms with E-state index in [2.05, 4.69) is 32.3 Å². The van der Waals surface area contributed by atoms with Crippen LogP contribution in [0.4, 0.5) is 5.13 Å². The number of fused-ring (bicyclic) bond motifs is 1. The number of carbonyl (C=O) groups excluding carboxylic acids is 1. The van der Waals surface area contributed by atoms with Crippen molar-refractivity contribution >= 4 is 48.5 Å². The van der Waals surface area contributed by atoms with Crippen molar-refractivity contribution in [3.05, 3.63) is 22.7 Å². The summed E-state index contributed by atoms with van der Waals surface area (Å²) in [5.74, 6) is 0.256. The molecule has 2 aromatic rings. The molecule has 1 aromatic carbocycles. The second kappa shape index (κ2) is 6.75. The Morgan fingerprint density at radius 1 is 1.33 bits per heavy atom. The lowest BCUT2D eigenvalue weighted by atomic mass is 10.1. The Morgan fingerprint density at radius 2 is 2.14 bits per heavy atom. The number of hydrogen-bond acceptors (Lipinski definition) is 4. The van der Waals surface area contributed by atoms with Crippen molar-refractivity contribution in [2.24, 2.45) is 0 Å². The van der Waals surface area contributed by atoms with Crippen LogP contribution in [0.1, 0.15) is 25.7 Å². The Balaban J connectivity index is 1.53. The molecule has 1 amide bonds. The smallest absolute Gasteiger partial charge is 0.224 e. The maximum absolute atomic E-state index is 12.1. The first kappa shape index (κ1) is 14.8. The lowest BCUT2D eigenvalue weighted by molar-refractivity contribution is -0.131. The zero-order valence-corrected chi connectivity index (χ0v) is 14.2. The number of rotatable bonds is 4. The van der Waals surface area contributed by atoms with Crippen LogP contribution in [0.3, 0.4) is 0 Å². The molecule has 0 bridgehead atoms. The van der Waals surface area contributed by atoms with E-state index in [0.29, 0.717) is 13.0 Å². The molecule has 0 unspecified atom stereocenters. The van der Waals surface area contributed by atoms with Gasteiger partial charge >= 0.3 is 0 Å². The van der Waals surface area contributed by atoms with E-state index in [9.17, 15) is 4.79 Å². The number of carbonyl (C=O) groups is 1. The Labute approximate surface area is 136 Å². The largest absolute Gasteiger partial charge is 0.361 e. The maximum Gasteiger partial charge on any atom is 0.224 e. The number of aromatic nitrogens is 1. The fraction of sp³-hybridized carbons (Fsp3) is 0.467. The standard InChI is InChI=1S/C15H18BrN3OS/c16-11-4-5-13-12(10-11)18-15(21-13)17-7-6-14(20)19-8-2-1-3-9-19/h4-5,10H,1-3,6-9H2,(H,17,18). The van der Waals surface area contributed by atoms with Crippen molar-refractivity contribution in [2.75, 3.05) is 25.0 Å². The molecular formula is C15H18BrN3OS. The van der Waals surface area contributed by atoms with Gasteiger partial charge < -0.3 is 10.2 Å². The number of likely N-dealkylation sites (tertiary alicyclic amines) is 1. The van der Waals surface area contributed by atoms with Gasteiger partial charge in [-0.1, -0.05) is 27.3 Å². The number of piperidine rings is 1. The number of amides is 1. The van der Waals surface area contributed by atoms with Crippen LogP contribution in [-0.2, 0) is 4.79 Å². The molecule has 112 valence electrons. The molecule has 0 atom stereocenters. The highest BCUT2D eigenvalue weighted by molar-refractivity contribution is 9.10. The van der Waals surface area contributed by atoms with Crippen molar-refractivity contribution in [3.8, 4) is 0 Å². The Morgan fingerprint density at radius 3 is 2.95 bits per heavy atom. The molecule has 0 spiro atoms. The number of thiazole rings is 1. The van der Waals surface area contributed by atoms with Gasteiger partial charge in [0.2, 0.25) is 5.91 Å². The zero-order chi connectivity index (χ0) is 14.7. The first-order chi connectivity index (χ1) is 10.2. The highest BCUT2D eigenvalue weighted by atomic mass is 79.9. The van der Waals surface area contributed by atoms with Gasteiger partial charge in [0.25, 0.3) is 0 Å². The third kappa shape index (κ3) is 3.74. The normalized spacial score (nSPS) is 15.4. The van der Waals surface area contributed by atoms with Crippen LogP contribution < -0.4 is 5.32 Å². The molecule has 1 fully saturated rings. The summed E-state index contributed by atoms with van der Waals surface area (Å²) in [5.41, 5.74) is 0.985.